The van der Waals surface area contributed by atoms with Gasteiger partial charge < -0.3 is 15.8 Å². The van der Waals surface area contributed by atoms with Gasteiger partial charge in [-0.3, -0.25) is 9.59 Å². The van der Waals surface area contributed by atoms with Gasteiger partial charge in [-0.05, 0) is 17.7 Å². The highest BCUT2D eigenvalue weighted by Gasteiger charge is 2.12. The van der Waals surface area contributed by atoms with Crippen molar-refractivity contribution in [1.82, 2.24) is 9.97 Å². The number of hydrogen-bond donors (Lipinski definition) is 3. The van der Waals surface area contributed by atoms with E-state index in [1.165, 1.54) is 12.1 Å². The molecule has 0 atom stereocenters. The average Bonchev–Trinajstić information content (AvgIpc) is 2.36. The number of rotatable bonds is 4. The topological polar surface area (TPSA) is 109 Å². The highest BCUT2D eigenvalue weighted by atomic mass is 19.1. The van der Waals surface area contributed by atoms with Gasteiger partial charge in [0.25, 0.3) is 5.56 Å². The highest BCUT2D eigenvalue weighted by Crippen LogP contribution is 2.09. The first-order valence-corrected chi connectivity index (χ1v) is 5.79. The van der Waals surface area contributed by atoms with Crippen LogP contribution in [0.4, 0.5) is 10.2 Å². The van der Waals surface area contributed by atoms with E-state index in [-0.39, 0.29) is 23.6 Å². The molecule has 7 heteroatoms. The summed E-state index contributed by atoms with van der Waals surface area (Å²) < 4.78 is 12.8. The summed E-state index contributed by atoms with van der Waals surface area (Å²) in [6.45, 7) is 0. The van der Waals surface area contributed by atoms with Crippen LogP contribution in [0.2, 0.25) is 0 Å². The molecule has 0 amide bonds. The number of benzene rings is 1. The molecule has 0 aliphatic carbocycles. The maximum atomic E-state index is 12.8. The van der Waals surface area contributed by atoms with Gasteiger partial charge in [-0.2, -0.15) is 0 Å². The zero-order chi connectivity index (χ0) is 14.7. The Morgan fingerprint density at radius 3 is 2.55 bits per heavy atom. The van der Waals surface area contributed by atoms with Crippen LogP contribution in [0.15, 0.2) is 29.1 Å². The van der Waals surface area contributed by atoms with Crippen molar-refractivity contribution >= 4 is 11.8 Å². The number of halogens is 1. The minimum Gasteiger partial charge on any atom is -0.481 e. The molecule has 2 rings (SSSR count). The third kappa shape index (κ3) is 3.19. The Bertz CT molecular complexity index is 695. The van der Waals surface area contributed by atoms with E-state index in [9.17, 15) is 14.0 Å². The van der Waals surface area contributed by atoms with E-state index in [1.807, 2.05) is 0 Å². The molecule has 2 aromatic rings. The number of carboxylic acid groups (broad SMARTS) is 1. The average molecular weight is 277 g/mol. The van der Waals surface area contributed by atoms with E-state index in [0.717, 1.165) is 5.56 Å². The first kappa shape index (κ1) is 13.7. The molecule has 20 heavy (non-hydrogen) atoms. The summed E-state index contributed by atoms with van der Waals surface area (Å²) in [5.41, 5.74) is 5.70. The van der Waals surface area contributed by atoms with Gasteiger partial charge in [0, 0.05) is 6.42 Å². The van der Waals surface area contributed by atoms with E-state index in [0.29, 0.717) is 5.82 Å². The third-order valence-corrected chi connectivity index (χ3v) is 2.71. The number of carbonyl (C=O) groups is 1. The largest absolute Gasteiger partial charge is 0.481 e. The zero-order valence-electron chi connectivity index (χ0n) is 10.4. The van der Waals surface area contributed by atoms with E-state index in [4.69, 9.17) is 10.8 Å². The molecule has 0 bridgehead atoms. The maximum Gasteiger partial charge on any atom is 0.308 e. The van der Waals surface area contributed by atoms with E-state index in [2.05, 4.69) is 9.97 Å². The Labute approximate surface area is 113 Å². The van der Waals surface area contributed by atoms with E-state index in [1.54, 1.807) is 12.1 Å². The molecule has 1 aromatic carbocycles. The number of nitrogen functional groups attached to an aromatic ring is 1. The Morgan fingerprint density at radius 2 is 2.00 bits per heavy atom. The van der Waals surface area contributed by atoms with Crippen LogP contribution in [0.1, 0.15) is 17.0 Å². The number of H-pyrrole nitrogens is 1. The molecule has 0 saturated carbocycles. The predicted molar refractivity (Wildman–Crippen MR) is 69.8 cm³/mol. The molecule has 1 aromatic heterocycles. The maximum absolute atomic E-state index is 12.8. The Kier molecular flexibility index (Phi) is 3.79. The number of carboxylic acids is 1. The Hall–Kier alpha value is -2.70. The van der Waals surface area contributed by atoms with Crippen LogP contribution in [0.25, 0.3) is 0 Å². The van der Waals surface area contributed by atoms with Gasteiger partial charge in [-0.15, -0.1) is 0 Å². The van der Waals surface area contributed by atoms with Gasteiger partial charge in [-0.25, -0.2) is 9.37 Å². The van der Waals surface area contributed by atoms with Crippen molar-refractivity contribution in [3.63, 3.8) is 0 Å². The lowest BCUT2D eigenvalue weighted by atomic mass is 10.1. The van der Waals surface area contributed by atoms with Crippen molar-refractivity contribution < 1.29 is 14.3 Å². The summed E-state index contributed by atoms with van der Waals surface area (Å²) in [7, 11) is 0. The van der Waals surface area contributed by atoms with Crippen LogP contribution in [0, 0.1) is 5.82 Å². The van der Waals surface area contributed by atoms with E-state index < -0.39 is 17.9 Å². The smallest absolute Gasteiger partial charge is 0.308 e. The fourth-order valence-corrected chi connectivity index (χ4v) is 1.77. The molecule has 0 unspecified atom stereocenters. The summed E-state index contributed by atoms with van der Waals surface area (Å²) in [6.07, 6.45) is -0.210. The molecule has 0 radical (unpaired) electrons. The Morgan fingerprint density at radius 1 is 1.35 bits per heavy atom. The van der Waals surface area contributed by atoms with Crippen LogP contribution in [-0.2, 0) is 17.6 Å². The van der Waals surface area contributed by atoms with Crippen molar-refractivity contribution in [2.75, 3.05) is 5.73 Å². The molecule has 6 nitrogen and oxygen atoms in total. The van der Waals surface area contributed by atoms with Crippen LogP contribution in [-0.4, -0.2) is 21.0 Å². The van der Waals surface area contributed by atoms with Crippen LogP contribution in [0.5, 0.6) is 0 Å². The molecule has 4 N–H and O–H groups in total. The number of aromatic amines is 1. The first-order valence-electron chi connectivity index (χ1n) is 5.79. The van der Waals surface area contributed by atoms with Gasteiger partial charge in [-0.1, -0.05) is 12.1 Å². The summed E-state index contributed by atoms with van der Waals surface area (Å²) in [5.74, 6) is -1.32. The van der Waals surface area contributed by atoms with Gasteiger partial charge in [0.1, 0.15) is 17.5 Å². The molecular formula is C13H12FN3O3. The fourth-order valence-electron chi connectivity index (χ4n) is 1.77. The number of aliphatic carboxylic acids is 1. The molecule has 0 saturated heterocycles. The van der Waals surface area contributed by atoms with Crippen LogP contribution in [0.3, 0.4) is 0 Å². The molecule has 104 valence electrons. The van der Waals surface area contributed by atoms with Gasteiger partial charge in [0.05, 0.1) is 12.0 Å². The number of aromatic nitrogens is 2. The second kappa shape index (κ2) is 5.52. The van der Waals surface area contributed by atoms with Crippen molar-refractivity contribution in [1.29, 1.82) is 0 Å². The number of nitrogens with zero attached hydrogens (tertiary/aromatic N) is 1. The van der Waals surface area contributed by atoms with Crippen molar-refractivity contribution in [3.8, 4) is 0 Å². The lowest BCUT2D eigenvalue weighted by Gasteiger charge is -2.05. The number of hydrogen-bond acceptors (Lipinski definition) is 4. The number of nitrogens with one attached hydrogen (secondary N) is 1. The Balaban J connectivity index is 2.28. The summed E-state index contributed by atoms with van der Waals surface area (Å²) in [4.78, 5) is 28.8. The van der Waals surface area contributed by atoms with Gasteiger partial charge in [0.2, 0.25) is 0 Å². The number of anilines is 1. The zero-order valence-corrected chi connectivity index (χ0v) is 10.4. The molecule has 0 aliphatic heterocycles. The second-order valence-corrected chi connectivity index (χ2v) is 4.25. The molecular weight excluding hydrogens is 265 g/mol. The van der Waals surface area contributed by atoms with Crippen molar-refractivity contribution in [2.45, 2.75) is 12.8 Å². The third-order valence-electron chi connectivity index (χ3n) is 2.71. The monoisotopic (exact) mass is 277 g/mol. The fraction of sp³-hybridized carbons (Fsp3) is 0.154. The minimum absolute atomic E-state index is 0.0691. The minimum atomic E-state index is -1.16. The lowest BCUT2D eigenvalue weighted by molar-refractivity contribution is -0.136. The van der Waals surface area contributed by atoms with Gasteiger partial charge >= 0.3 is 5.97 Å². The molecule has 0 aliphatic rings. The van der Waals surface area contributed by atoms with Gasteiger partial charge in [0.15, 0.2) is 0 Å². The summed E-state index contributed by atoms with van der Waals surface area (Å²) in [5, 5.41) is 8.67. The second-order valence-electron chi connectivity index (χ2n) is 4.25. The summed E-state index contributed by atoms with van der Waals surface area (Å²) >= 11 is 0. The highest BCUT2D eigenvalue weighted by molar-refractivity contribution is 5.71. The summed E-state index contributed by atoms with van der Waals surface area (Å²) in [6, 6.07) is 5.73. The van der Waals surface area contributed by atoms with Crippen molar-refractivity contribution in [3.05, 3.63) is 57.4 Å². The predicted octanol–water partition coefficient (Wildman–Crippen LogP) is 0.709. The molecule has 0 fully saturated rings. The van der Waals surface area contributed by atoms with E-state index >= 15 is 0 Å². The quantitative estimate of drug-likeness (QED) is 0.762. The van der Waals surface area contributed by atoms with Crippen LogP contribution >= 0.6 is 0 Å². The molecule has 0 spiro atoms. The van der Waals surface area contributed by atoms with Crippen LogP contribution < -0.4 is 11.3 Å². The SMILES string of the molecule is Nc1nc(Cc2ccc(F)cc2)[nH]c(=O)c1CC(=O)O. The normalized spacial score (nSPS) is 10.4. The number of nitrogens with two attached hydrogens (primary N) is 1. The lowest BCUT2D eigenvalue weighted by Crippen LogP contribution is -2.22. The standard InChI is InChI=1S/C13H12FN3O3/c14-8-3-1-7(2-4-8)5-10-16-12(15)9(6-11(18)19)13(20)17-10/h1-4H,5-6H2,(H,18,19)(H3,15,16,17,20). The molecule has 1 heterocycles. The first-order chi connectivity index (χ1) is 9.45. The van der Waals surface area contributed by atoms with Crippen molar-refractivity contribution in [2.24, 2.45) is 0 Å².